The monoisotopic (exact) mass is 325 g/mol. The number of carbonyl (C=O) groups excluding carboxylic acids is 1. The molecule has 1 N–H and O–H groups in total. The van der Waals surface area contributed by atoms with Crippen LogP contribution in [0.3, 0.4) is 0 Å². The van der Waals surface area contributed by atoms with E-state index in [0.29, 0.717) is 22.9 Å². The van der Waals surface area contributed by atoms with E-state index < -0.39 is 0 Å². The molecule has 112 valence electrons. The summed E-state index contributed by atoms with van der Waals surface area (Å²) < 4.78 is 0. The zero-order chi connectivity index (χ0) is 15.0. The molecular weight excluding hydrogens is 309 g/mol. The van der Waals surface area contributed by atoms with E-state index in [1.807, 2.05) is 11.0 Å². The standard InChI is InChI=1S/C16H17Cl2NO2/c17-14-5-1-10(7-15(14)18)2-6-16(21)19-11-3-4-12(19)9-13(20)8-11/h1-2,5-7,11-13,20H,3-4,8-9H2. The number of hydrogen-bond donors (Lipinski definition) is 1. The van der Waals surface area contributed by atoms with E-state index in [4.69, 9.17) is 23.2 Å². The van der Waals surface area contributed by atoms with Crippen molar-refractivity contribution in [3.05, 3.63) is 39.9 Å². The third-order valence-electron chi connectivity index (χ3n) is 4.32. The van der Waals surface area contributed by atoms with Crippen molar-refractivity contribution in [3.8, 4) is 0 Å². The fraction of sp³-hybridized carbons (Fsp3) is 0.438. The van der Waals surface area contributed by atoms with Crippen LogP contribution in [0.5, 0.6) is 0 Å². The quantitative estimate of drug-likeness (QED) is 0.845. The van der Waals surface area contributed by atoms with E-state index in [9.17, 15) is 9.90 Å². The second kappa shape index (κ2) is 5.99. The molecule has 0 saturated carbocycles. The van der Waals surface area contributed by atoms with E-state index in [2.05, 4.69) is 0 Å². The molecule has 2 bridgehead atoms. The van der Waals surface area contributed by atoms with Crippen LogP contribution in [-0.4, -0.2) is 34.1 Å². The molecule has 3 rings (SSSR count). The number of aliphatic hydroxyl groups is 1. The Labute approximate surface area is 134 Å². The first kappa shape index (κ1) is 14.9. The molecule has 2 atom stereocenters. The van der Waals surface area contributed by atoms with Crippen molar-refractivity contribution >= 4 is 35.2 Å². The van der Waals surface area contributed by atoms with E-state index in [1.54, 1.807) is 24.3 Å². The average Bonchev–Trinajstić information content (AvgIpc) is 2.72. The number of piperidine rings is 1. The van der Waals surface area contributed by atoms with Gasteiger partial charge in [0.15, 0.2) is 0 Å². The SMILES string of the molecule is O=C(C=Cc1ccc(Cl)c(Cl)c1)N1C2CCC1CC(O)C2. The number of halogens is 2. The first-order valence-corrected chi connectivity index (χ1v) is 7.93. The van der Waals surface area contributed by atoms with E-state index in [0.717, 1.165) is 18.4 Å². The summed E-state index contributed by atoms with van der Waals surface area (Å²) in [6.07, 6.45) is 6.47. The molecule has 2 unspecified atom stereocenters. The normalized spacial score (nSPS) is 28.3. The lowest BCUT2D eigenvalue weighted by molar-refractivity contribution is -0.131. The minimum atomic E-state index is -0.259. The molecule has 1 amide bonds. The van der Waals surface area contributed by atoms with Crippen molar-refractivity contribution in [1.29, 1.82) is 0 Å². The van der Waals surface area contributed by atoms with Crippen LogP contribution >= 0.6 is 23.2 Å². The highest BCUT2D eigenvalue weighted by atomic mass is 35.5. The van der Waals surface area contributed by atoms with Crippen LogP contribution in [0.4, 0.5) is 0 Å². The summed E-state index contributed by atoms with van der Waals surface area (Å²) in [6, 6.07) is 5.65. The Hall–Kier alpha value is -1.03. The molecule has 1 aromatic carbocycles. The largest absolute Gasteiger partial charge is 0.393 e. The van der Waals surface area contributed by atoms with Gasteiger partial charge in [-0.2, -0.15) is 0 Å². The second-order valence-electron chi connectivity index (χ2n) is 5.76. The summed E-state index contributed by atoms with van der Waals surface area (Å²) in [5, 5.41) is 10.8. The molecule has 1 aromatic rings. The predicted molar refractivity (Wildman–Crippen MR) is 84.4 cm³/mol. The minimum Gasteiger partial charge on any atom is -0.393 e. The number of hydrogen-bond acceptors (Lipinski definition) is 2. The summed E-state index contributed by atoms with van der Waals surface area (Å²) in [5.41, 5.74) is 0.849. The van der Waals surface area contributed by atoms with Crippen molar-refractivity contribution in [2.75, 3.05) is 0 Å². The van der Waals surface area contributed by atoms with Gasteiger partial charge in [-0.1, -0.05) is 29.3 Å². The van der Waals surface area contributed by atoms with Gasteiger partial charge in [-0.3, -0.25) is 4.79 Å². The van der Waals surface area contributed by atoms with E-state index >= 15 is 0 Å². The smallest absolute Gasteiger partial charge is 0.247 e. The molecule has 2 fully saturated rings. The van der Waals surface area contributed by atoms with Gasteiger partial charge in [-0.05, 0) is 49.5 Å². The van der Waals surface area contributed by atoms with Gasteiger partial charge in [0.2, 0.25) is 5.91 Å². The third-order valence-corrected chi connectivity index (χ3v) is 5.06. The van der Waals surface area contributed by atoms with Gasteiger partial charge >= 0.3 is 0 Å². The molecule has 21 heavy (non-hydrogen) atoms. The first-order chi connectivity index (χ1) is 10.0. The molecule has 0 aliphatic carbocycles. The molecule has 5 heteroatoms. The van der Waals surface area contributed by atoms with Gasteiger partial charge in [-0.15, -0.1) is 0 Å². The second-order valence-corrected chi connectivity index (χ2v) is 6.58. The Bertz CT molecular complexity index is 574. The fourth-order valence-corrected chi connectivity index (χ4v) is 3.68. The van der Waals surface area contributed by atoms with Crippen LogP contribution in [0.25, 0.3) is 6.08 Å². The lowest BCUT2D eigenvalue weighted by atomic mass is 10.00. The van der Waals surface area contributed by atoms with E-state index in [-0.39, 0.29) is 24.1 Å². The summed E-state index contributed by atoms with van der Waals surface area (Å²) in [7, 11) is 0. The maximum absolute atomic E-state index is 12.4. The summed E-state index contributed by atoms with van der Waals surface area (Å²) >= 11 is 11.8. The Balaban J connectivity index is 1.71. The van der Waals surface area contributed by atoms with Crippen LogP contribution in [0, 0.1) is 0 Å². The lowest BCUT2D eigenvalue weighted by Crippen LogP contribution is -2.47. The molecule has 2 heterocycles. The van der Waals surface area contributed by atoms with Gasteiger partial charge in [-0.25, -0.2) is 0 Å². The zero-order valence-electron chi connectivity index (χ0n) is 11.5. The van der Waals surface area contributed by atoms with Crippen LogP contribution in [0.2, 0.25) is 10.0 Å². The summed E-state index contributed by atoms with van der Waals surface area (Å²) in [5.74, 6) is 0.0143. The Morgan fingerprint density at radius 3 is 2.48 bits per heavy atom. The highest BCUT2D eigenvalue weighted by molar-refractivity contribution is 6.42. The Morgan fingerprint density at radius 1 is 1.19 bits per heavy atom. The Morgan fingerprint density at radius 2 is 1.86 bits per heavy atom. The van der Waals surface area contributed by atoms with E-state index in [1.165, 1.54) is 0 Å². The number of fused-ring (bicyclic) bond motifs is 2. The number of amides is 1. The molecule has 2 aliphatic rings. The van der Waals surface area contributed by atoms with Gasteiger partial charge in [0.25, 0.3) is 0 Å². The maximum Gasteiger partial charge on any atom is 0.247 e. The highest BCUT2D eigenvalue weighted by Gasteiger charge is 2.41. The maximum atomic E-state index is 12.4. The molecule has 2 saturated heterocycles. The van der Waals surface area contributed by atoms with Gasteiger partial charge in [0.1, 0.15) is 0 Å². The lowest BCUT2D eigenvalue weighted by Gasteiger charge is -2.36. The van der Waals surface area contributed by atoms with Crippen LogP contribution < -0.4 is 0 Å². The van der Waals surface area contributed by atoms with Gasteiger partial charge in [0, 0.05) is 18.2 Å². The van der Waals surface area contributed by atoms with Crippen LogP contribution in [0.15, 0.2) is 24.3 Å². The van der Waals surface area contributed by atoms with Crippen LogP contribution in [0.1, 0.15) is 31.2 Å². The third kappa shape index (κ3) is 3.10. The van der Waals surface area contributed by atoms with Crippen molar-refractivity contribution in [2.45, 2.75) is 43.9 Å². The van der Waals surface area contributed by atoms with Crippen molar-refractivity contribution in [3.63, 3.8) is 0 Å². The number of carbonyl (C=O) groups is 1. The number of nitrogens with zero attached hydrogens (tertiary/aromatic N) is 1. The number of aliphatic hydroxyl groups excluding tert-OH is 1. The molecule has 2 aliphatic heterocycles. The van der Waals surface area contributed by atoms with Gasteiger partial charge < -0.3 is 10.0 Å². The predicted octanol–water partition coefficient (Wildman–Crippen LogP) is 3.52. The highest BCUT2D eigenvalue weighted by Crippen LogP contribution is 2.36. The van der Waals surface area contributed by atoms with Crippen molar-refractivity contribution in [1.82, 2.24) is 4.90 Å². The number of rotatable bonds is 2. The summed E-state index contributed by atoms with van der Waals surface area (Å²) in [6.45, 7) is 0. The molecule has 0 aromatic heterocycles. The summed E-state index contributed by atoms with van der Waals surface area (Å²) in [4.78, 5) is 14.3. The molecular formula is C16H17Cl2NO2. The molecule has 3 nitrogen and oxygen atoms in total. The van der Waals surface area contributed by atoms with Crippen LogP contribution in [-0.2, 0) is 4.79 Å². The van der Waals surface area contributed by atoms with Crippen molar-refractivity contribution in [2.24, 2.45) is 0 Å². The minimum absolute atomic E-state index is 0.0143. The van der Waals surface area contributed by atoms with Gasteiger partial charge in [0.05, 0.1) is 16.1 Å². The average molecular weight is 326 g/mol. The Kier molecular flexibility index (Phi) is 4.25. The zero-order valence-corrected chi connectivity index (χ0v) is 13.0. The molecule has 0 spiro atoms. The first-order valence-electron chi connectivity index (χ1n) is 7.18. The van der Waals surface area contributed by atoms with Crippen molar-refractivity contribution < 1.29 is 9.90 Å². The fourth-order valence-electron chi connectivity index (χ4n) is 3.38. The molecule has 0 radical (unpaired) electrons. The topological polar surface area (TPSA) is 40.5 Å². The number of benzene rings is 1.